The van der Waals surface area contributed by atoms with Crippen molar-refractivity contribution in [2.75, 3.05) is 0 Å². The molecular weight excluding hydrogens is 317 g/mol. The molecule has 1 fully saturated rings. The number of aromatic hydroxyl groups is 1. The molecule has 0 spiro atoms. The monoisotopic (exact) mass is 343 g/mol. The SMILES string of the molecule is CCCC1(CCC)C(=O)N(C2C=C(F)C=CC2)C1c1ccc(O)cc1. The van der Waals surface area contributed by atoms with Gasteiger partial charge in [-0.05, 0) is 49.1 Å². The minimum absolute atomic E-state index is 0.0685. The number of amides is 1. The molecule has 1 heterocycles. The van der Waals surface area contributed by atoms with Crippen LogP contribution in [0.25, 0.3) is 0 Å². The molecule has 1 saturated heterocycles. The van der Waals surface area contributed by atoms with E-state index >= 15 is 0 Å². The Morgan fingerprint density at radius 2 is 1.84 bits per heavy atom. The van der Waals surface area contributed by atoms with Gasteiger partial charge in [0.1, 0.15) is 11.6 Å². The van der Waals surface area contributed by atoms with Gasteiger partial charge in [0, 0.05) is 0 Å². The van der Waals surface area contributed by atoms with E-state index in [9.17, 15) is 14.3 Å². The second-order valence-corrected chi connectivity index (χ2v) is 7.12. The predicted molar refractivity (Wildman–Crippen MR) is 96.7 cm³/mol. The van der Waals surface area contributed by atoms with Gasteiger partial charge in [-0.1, -0.05) is 44.9 Å². The number of phenolic OH excluding ortho intramolecular Hbond substituents is 1. The first-order valence-electron chi connectivity index (χ1n) is 9.19. The van der Waals surface area contributed by atoms with Crippen LogP contribution >= 0.6 is 0 Å². The average molecular weight is 343 g/mol. The Morgan fingerprint density at radius 1 is 1.20 bits per heavy atom. The minimum Gasteiger partial charge on any atom is -0.508 e. The summed E-state index contributed by atoms with van der Waals surface area (Å²) in [7, 11) is 0. The molecule has 0 aromatic heterocycles. The number of benzene rings is 1. The summed E-state index contributed by atoms with van der Waals surface area (Å²) in [6, 6.07) is 6.79. The highest BCUT2D eigenvalue weighted by Gasteiger charge is 2.60. The lowest BCUT2D eigenvalue weighted by Gasteiger charge is -2.59. The molecule has 1 amide bonds. The number of likely N-dealkylation sites (tertiary alicyclic amines) is 1. The van der Waals surface area contributed by atoms with Gasteiger partial charge >= 0.3 is 0 Å². The van der Waals surface area contributed by atoms with Gasteiger partial charge in [-0.3, -0.25) is 4.79 Å². The first-order chi connectivity index (χ1) is 12.0. The summed E-state index contributed by atoms with van der Waals surface area (Å²) in [5, 5.41) is 9.62. The standard InChI is InChI=1S/C21H26FNO2/c1-3-12-21(13-4-2)19(15-8-10-18(24)11-9-15)23(20(21)25)17-7-5-6-16(22)14-17/h5-6,8-11,14,17,19,24H,3-4,7,12-13H2,1-2H3. The van der Waals surface area contributed by atoms with E-state index in [0.29, 0.717) is 6.42 Å². The molecule has 2 atom stereocenters. The fraction of sp³-hybridized carbons (Fsp3) is 0.476. The lowest BCUT2D eigenvalue weighted by Crippen LogP contribution is -2.66. The number of halogens is 1. The first kappa shape index (κ1) is 17.7. The zero-order chi connectivity index (χ0) is 18.0. The van der Waals surface area contributed by atoms with Crippen molar-refractivity contribution in [3.05, 3.63) is 53.9 Å². The van der Waals surface area contributed by atoms with Crippen molar-refractivity contribution < 1.29 is 14.3 Å². The highest BCUT2D eigenvalue weighted by molar-refractivity contribution is 5.91. The molecule has 1 N–H and O–H groups in total. The normalized spacial score (nSPS) is 24.8. The second kappa shape index (κ2) is 7.03. The molecule has 1 aliphatic heterocycles. The summed E-state index contributed by atoms with van der Waals surface area (Å²) >= 11 is 0. The van der Waals surface area contributed by atoms with Gasteiger partial charge < -0.3 is 10.0 Å². The number of β-lactam (4-membered cyclic amide) rings is 1. The molecular formula is C21H26FNO2. The van der Waals surface area contributed by atoms with Crippen molar-refractivity contribution in [1.29, 1.82) is 0 Å². The molecule has 1 aromatic carbocycles. The zero-order valence-electron chi connectivity index (χ0n) is 14.9. The van der Waals surface area contributed by atoms with Crippen LogP contribution in [-0.2, 0) is 4.79 Å². The van der Waals surface area contributed by atoms with Crippen molar-refractivity contribution >= 4 is 5.91 Å². The van der Waals surface area contributed by atoms with Crippen LogP contribution in [0.4, 0.5) is 4.39 Å². The molecule has 25 heavy (non-hydrogen) atoms. The third-order valence-corrected chi connectivity index (χ3v) is 5.43. The van der Waals surface area contributed by atoms with Gasteiger partial charge in [0.25, 0.3) is 0 Å². The quantitative estimate of drug-likeness (QED) is 0.735. The number of rotatable bonds is 6. The van der Waals surface area contributed by atoms with E-state index in [1.807, 2.05) is 17.0 Å². The maximum absolute atomic E-state index is 13.8. The van der Waals surface area contributed by atoms with Crippen LogP contribution < -0.4 is 0 Å². The number of nitrogens with zero attached hydrogens (tertiary/aromatic N) is 1. The predicted octanol–water partition coefficient (Wildman–Crippen LogP) is 5.04. The van der Waals surface area contributed by atoms with E-state index in [1.165, 1.54) is 6.08 Å². The summed E-state index contributed by atoms with van der Waals surface area (Å²) in [6.45, 7) is 4.20. The summed E-state index contributed by atoms with van der Waals surface area (Å²) in [5.74, 6) is 0.0692. The van der Waals surface area contributed by atoms with E-state index < -0.39 is 5.41 Å². The minimum atomic E-state index is -0.411. The molecule has 3 rings (SSSR count). The Hall–Kier alpha value is -2.10. The fourth-order valence-corrected chi connectivity index (χ4v) is 4.50. The van der Waals surface area contributed by atoms with Crippen molar-refractivity contribution in [3.8, 4) is 5.75 Å². The molecule has 1 aliphatic carbocycles. The number of phenols is 1. The van der Waals surface area contributed by atoms with Crippen molar-refractivity contribution in [2.24, 2.45) is 5.41 Å². The topological polar surface area (TPSA) is 40.5 Å². The Balaban J connectivity index is 2.01. The van der Waals surface area contributed by atoms with Crippen LogP contribution in [0.1, 0.15) is 57.6 Å². The van der Waals surface area contributed by atoms with Crippen LogP contribution in [-0.4, -0.2) is 22.0 Å². The highest BCUT2D eigenvalue weighted by atomic mass is 19.1. The largest absolute Gasteiger partial charge is 0.508 e. The van der Waals surface area contributed by atoms with Crippen LogP contribution in [0.2, 0.25) is 0 Å². The van der Waals surface area contributed by atoms with Gasteiger partial charge in [0.05, 0.1) is 17.5 Å². The molecule has 0 radical (unpaired) electrons. The maximum Gasteiger partial charge on any atom is 0.232 e. The van der Waals surface area contributed by atoms with Gasteiger partial charge in [0.2, 0.25) is 5.91 Å². The Kier molecular flexibility index (Phi) is 4.98. The first-order valence-corrected chi connectivity index (χ1v) is 9.19. The van der Waals surface area contributed by atoms with Gasteiger partial charge in [-0.2, -0.15) is 0 Å². The Bertz CT molecular complexity index is 686. The van der Waals surface area contributed by atoms with Crippen LogP contribution in [0, 0.1) is 5.41 Å². The lowest BCUT2D eigenvalue weighted by molar-refractivity contribution is -0.180. The molecule has 1 aromatic rings. The number of hydrogen-bond donors (Lipinski definition) is 1. The van der Waals surface area contributed by atoms with E-state index in [-0.39, 0.29) is 29.6 Å². The molecule has 2 unspecified atom stereocenters. The van der Waals surface area contributed by atoms with E-state index in [1.54, 1.807) is 24.3 Å². The smallest absolute Gasteiger partial charge is 0.232 e. The number of hydrogen-bond acceptors (Lipinski definition) is 2. The van der Waals surface area contributed by atoms with E-state index in [0.717, 1.165) is 31.2 Å². The van der Waals surface area contributed by atoms with Crippen LogP contribution in [0.5, 0.6) is 5.75 Å². The summed E-state index contributed by atoms with van der Waals surface area (Å²) < 4.78 is 13.8. The molecule has 0 saturated carbocycles. The number of carbonyl (C=O) groups is 1. The Labute approximate surface area is 148 Å². The van der Waals surface area contributed by atoms with Crippen LogP contribution in [0.15, 0.2) is 48.3 Å². The maximum atomic E-state index is 13.8. The van der Waals surface area contributed by atoms with Crippen molar-refractivity contribution in [3.63, 3.8) is 0 Å². The molecule has 2 aliphatic rings. The van der Waals surface area contributed by atoms with Crippen LogP contribution in [0.3, 0.4) is 0 Å². The Morgan fingerprint density at radius 3 is 2.40 bits per heavy atom. The van der Waals surface area contributed by atoms with E-state index in [4.69, 9.17) is 0 Å². The zero-order valence-corrected chi connectivity index (χ0v) is 14.9. The lowest BCUT2D eigenvalue weighted by atomic mass is 9.62. The third-order valence-electron chi connectivity index (χ3n) is 5.43. The van der Waals surface area contributed by atoms with E-state index in [2.05, 4.69) is 13.8 Å². The molecule has 3 nitrogen and oxygen atoms in total. The fourth-order valence-electron chi connectivity index (χ4n) is 4.50. The second-order valence-electron chi connectivity index (χ2n) is 7.12. The number of carbonyl (C=O) groups excluding carboxylic acids is 1. The average Bonchev–Trinajstić information content (AvgIpc) is 2.60. The van der Waals surface area contributed by atoms with Crippen molar-refractivity contribution in [2.45, 2.75) is 58.0 Å². The van der Waals surface area contributed by atoms with Gasteiger partial charge in [0.15, 0.2) is 0 Å². The van der Waals surface area contributed by atoms with Gasteiger partial charge in [-0.25, -0.2) is 4.39 Å². The summed E-state index contributed by atoms with van der Waals surface area (Å²) in [5.41, 5.74) is 0.606. The van der Waals surface area contributed by atoms with Gasteiger partial charge in [-0.15, -0.1) is 0 Å². The summed E-state index contributed by atoms with van der Waals surface area (Å²) in [4.78, 5) is 15.1. The molecule has 4 heteroatoms. The third kappa shape index (κ3) is 2.99. The molecule has 134 valence electrons. The highest BCUT2D eigenvalue weighted by Crippen LogP contribution is 2.57. The molecule has 0 bridgehead atoms. The summed E-state index contributed by atoms with van der Waals surface area (Å²) in [6.07, 6.45) is 8.97. The number of allylic oxidation sites excluding steroid dienone is 2. The van der Waals surface area contributed by atoms with Crippen molar-refractivity contribution in [1.82, 2.24) is 4.90 Å².